The van der Waals surface area contributed by atoms with Gasteiger partial charge in [-0.1, -0.05) is 110 Å². The van der Waals surface area contributed by atoms with Gasteiger partial charge >= 0.3 is 11.9 Å². The summed E-state index contributed by atoms with van der Waals surface area (Å²) in [4.78, 5) is 20.5. The van der Waals surface area contributed by atoms with Crippen molar-refractivity contribution in [2.75, 3.05) is 0 Å². The molecule has 0 spiro atoms. The van der Waals surface area contributed by atoms with E-state index in [0.717, 1.165) is 19.1 Å². The van der Waals surface area contributed by atoms with Gasteiger partial charge in [-0.3, -0.25) is 9.59 Å². The first-order chi connectivity index (χ1) is 13.1. The van der Waals surface area contributed by atoms with Crippen molar-refractivity contribution in [1.82, 2.24) is 0 Å². The zero-order chi connectivity index (χ0) is 20.6. The van der Waals surface area contributed by atoms with E-state index in [2.05, 4.69) is 18.2 Å². The smallest absolute Gasteiger partial charge is 0.310 e. The van der Waals surface area contributed by atoms with Gasteiger partial charge in [0.25, 0.3) is 0 Å². The molecule has 0 aliphatic carbocycles. The second kappa shape index (κ2) is 24.7. The molecule has 1 N–H and O–H groups in total. The maximum atomic E-state index is 10.3. The lowest BCUT2D eigenvalue weighted by molar-refractivity contribution is -0.138. The molecule has 0 bridgehead atoms. The summed E-state index contributed by atoms with van der Waals surface area (Å²) in [5.74, 6) is -0.894. The minimum Gasteiger partial charge on any atom is -0.481 e. The van der Waals surface area contributed by atoms with E-state index < -0.39 is 5.97 Å². The largest absolute Gasteiger partial charge is 0.481 e. The van der Waals surface area contributed by atoms with Crippen LogP contribution in [0.5, 0.6) is 0 Å². The van der Waals surface area contributed by atoms with Gasteiger partial charge in [-0.25, -0.2) is 0 Å². The molecule has 0 aromatic heterocycles. The number of hydrogen-bond donors (Lipinski definition) is 1. The monoisotopic (exact) mass is 384 g/mol. The van der Waals surface area contributed by atoms with Crippen molar-refractivity contribution in [3.8, 4) is 0 Å². The Balaban J connectivity index is 0. The van der Waals surface area contributed by atoms with Gasteiger partial charge in [-0.05, 0) is 6.42 Å². The first kappa shape index (κ1) is 27.9. The Labute approximate surface area is 167 Å². The fourth-order valence-corrected chi connectivity index (χ4v) is 2.82. The Kier molecular flexibility index (Phi) is 25.5. The SMILES string of the molecule is C=COC(=O)CC.CCCCCCCCCCCCCCCCCC(=O)O. The molecule has 0 aliphatic heterocycles. The van der Waals surface area contributed by atoms with Crippen molar-refractivity contribution in [1.29, 1.82) is 0 Å². The molecule has 0 amide bonds. The minimum atomic E-state index is -0.653. The lowest BCUT2D eigenvalue weighted by Crippen LogP contribution is -1.94. The Bertz CT molecular complexity index is 339. The normalized spacial score (nSPS) is 10.0. The van der Waals surface area contributed by atoms with Crippen LogP contribution in [0.3, 0.4) is 0 Å². The topological polar surface area (TPSA) is 63.6 Å². The van der Waals surface area contributed by atoms with E-state index in [9.17, 15) is 9.59 Å². The first-order valence-electron chi connectivity index (χ1n) is 11.1. The molecule has 0 aromatic rings. The van der Waals surface area contributed by atoms with Crippen LogP contribution in [0, 0.1) is 0 Å². The van der Waals surface area contributed by atoms with Crippen molar-refractivity contribution in [3.63, 3.8) is 0 Å². The summed E-state index contributed by atoms with van der Waals surface area (Å²) in [7, 11) is 0. The Morgan fingerprint density at radius 1 is 0.741 bits per heavy atom. The van der Waals surface area contributed by atoms with Gasteiger partial charge in [0.1, 0.15) is 0 Å². The molecular formula is C23H44O4. The maximum Gasteiger partial charge on any atom is 0.310 e. The van der Waals surface area contributed by atoms with Crippen LogP contribution in [0.1, 0.15) is 123 Å². The lowest BCUT2D eigenvalue weighted by Gasteiger charge is -2.03. The average molecular weight is 385 g/mol. The first-order valence-corrected chi connectivity index (χ1v) is 11.1. The van der Waals surface area contributed by atoms with Crippen LogP contribution in [0.15, 0.2) is 12.8 Å². The third-order valence-electron chi connectivity index (χ3n) is 4.50. The summed E-state index contributed by atoms with van der Waals surface area (Å²) >= 11 is 0. The van der Waals surface area contributed by atoms with Crippen LogP contribution in [-0.4, -0.2) is 17.0 Å². The number of aliphatic carboxylic acids is 1. The molecule has 4 nitrogen and oxygen atoms in total. The van der Waals surface area contributed by atoms with Gasteiger partial charge in [-0.2, -0.15) is 0 Å². The highest BCUT2D eigenvalue weighted by atomic mass is 16.5. The van der Waals surface area contributed by atoms with Crippen LogP contribution >= 0.6 is 0 Å². The van der Waals surface area contributed by atoms with Gasteiger partial charge < -0.3 is 9.84 Å². The molecule has 0 aromatic carbocycles. The van der Waals surface area contributed by atoms with Gasteiger partial charge in [0.2, 0.25) is 0 Å². The molecule has 0 saturated heterocycles. The van der Waals surface area contributed by atoms with E-state index in [4.69, 9.17) is 5.11 Å². The van der Waals surface area contributed by atoms with E-state index in [1.54, 1.807) is 6.92 Å². The predicted molar refractivity (Wildman–Crippen MR) is 114 cm³/mol. The van der Waals surface area contributed by atoms with Crippen LogP contribution in [-0.2, 0) is 14.3 Å². The molecule has 0 aliphatic rings. The van der Waals surface area contributed by atoms with E-state index in [-0.39, 0.29) is 5.97 Å². The molecular weight excluding hydrogens is 340 g/mol. The Morgan fingerprint density at radius 3 is 1.37 bits per heavy atom. The molecule has 27 heavy (non-hydrogen) atoms. The Morgan fingerprint density at radius 2 is 1.11 bits per heavy atom. The quantitative estimate of drug-likeness (QED) is 0.152. The summed E-state index contributed by atoms with van der Waals surface area (Å²) in [5.41, 5.74) is 0. The zero-order valence-electron chi connectivity index (χ0n) is 18.0. The third-order valence-corrected chi connectivity index (χ3v) is 4.50. The molecule has 0 unspecified atom stereocenters. The highest BCUT2D eigenvalue weighted by Crippen LogP contribution is 2.13. The van der Waals surface area contributed by atoms with Crippen LogP contribution in [0.2, 0.25) is 0 Å². The second-order valence-electron chi connectivity index (χ2n) is 7.10. The van der Waals surface area contributed by atoms with E-state index in [0.29, 0.717) is 12.8 Å². The van der Waals surface area contributed by atoms with E-state index in [1.807, 2.05) is 0 Å². The van der Waals surface area contributed by atoms with Crippen molar-refractivity contribution in [2.24, 2.45) is 0 Å². The second-order valence-corrected chi connectivity index (χ2v) is 7.10. The molecule has 0 atom stereocenters. The number of unbranched alkanes of at least 4 members (excludes halogenated alkanes) is 14. The molecule has 0 fully saturated rings. The van der Waals surface area contributed by atoms with Gasteiger partial charge in [-0.15, -0.1) is 0 Å². The van der Waals surface area contributed by atoms with Crippen molar-refractivity contribution >= 4 is 11.9 Å². The van der Waals surface area contributed by atoms with Crippen molar-refractivity contribution in [3.05, 3.63) is 12.8 Å². The van der Waals surface area contributed by atoms with Gasteiger partial charge in [0.15, 0.2) is 0 Å². The van der Waals surface area contributed by atoms with Gasteiger partial charge in [0.05, 0.1) is 6.26 Å². The maximum absolute atomic E-state index is 10.3. The van der Waals surface area contributed by atoms with Crippen LogP contribution in [0.4, 0.5) is 0 Å². The number of ether oxygens (including phenoxy) is 1. The average Bonchev–Trinajstić information content (AvgIpc) is 2.65. The third kappa shape index (κ3) is 29.7. The summed E-state index contributed by atoms with van der Waals surface area (Å²) in [6, 6.07) is 0. The van der Waals surface area contributed by atoms with Crippen LogP contribution in [0.25, 0.3) is 0 Å². The number of carboxylic acid groups (broad SMARTS) is 1. The molecule has 0 heterocycles. The Hall–Kier alpha value is -1.32. The lowest BCUT2D eigenvalue weighted by atomic mass is 10.0. The summed E-state index contributed by atoms with van der Waals surface area (Å²) < 4.78 is 4.32. The fraction of sp³-hybridized carbons (Fsp3) is 0.826. The van der Waals surface area contributed by atoms with Crippen molar-refractivity contribution < 1.29 is 19.4 Å². The predicted octanol–water partition coefficient (Wildman–Crippen LogP) is 7.42. The number of esters is 1. The molecule has 4 heteroatoms. The fourth-order valence-electron chi connectivity index (χ4n) is 2.82. The van der Waals surface area contributed by atoms with E-state index in [1.165, 1.54) is 83.5 Å². The highest BCUT2D eigenvalue weighted by molar-refractivity contribution is 5.69. The number of hydrogen-bond acceptors (Lipinski definition) is 3. The number of carbonyl (C=O) groups excluding carboxylic acids is 1. The minimum absolute atomic E-state index is 0.241. The molecule has 160 valence electrons. The zero-order valence-corrected chi connectivity index (χ0v) is 18.0. The summed E-state index contributed by atoms with van der Waals surface area (Å²) in [6.07, 6.45) is 21.7. The summed E-state index contributed by atoms with van der Waals surface area (Å²) in [5, 5.41) is 8.52. The highest BCUT2D eigenvalue weighted by Gasteiger charge is 1.97. The standard InChI is InChI=1S/C18H36O2.C5H8O2/c1-2-3-4-5-6-7-8-9-10-11-12-13-14-15-16-17-18(19)20;1-3-5(6)7-4-2/h2-17H2,1H3,(H,19,20);4H,2-3H2,1H3. The number of carboxylic acids is 1. The summed E-state index contributed by atoms with van der Waals surface area (Å²) in [6.45, 7) is 7.20. The van der Waals surface area contributed by atoms with Crippen molar-refractivity contribution in [2.45, 2.75) is 123 Å². The number of rotatable bonds is 18. The van der Waals surface area contributed by atoms with Gasteiger partial charge in [0, 0.05) is 12.8 Å². The molecule has 0 radical (unpaired) electrons. The van der Waals surface area contributed by atoms with Crippen LogP contribution < -0.4 is 0 Å². The molecule has 0 saturated carbocycles. The number of carbonyl (C=O) groups is 2. The van der Waals surface area contributed by atoms with E-state index >= 15 is 0 Å². The molecule has 0 rings (SSSR count).